The third-order valence-corrected chi connectivity index (χ3v) is 6.70. The van der Waals surface area contributed by atoms with Gasteiger partial charge in [0, 0.05) is 29.3 Å². The van der Waals surface area contributed by atoms with E-state index in [9.17, 15) is 9.90 Å². The van der Waals surface area contributed by atoms with Gasteiger partial charge in [-0.05, 0) is 36.6 Å². The summed E-state index contributed by atoms with van der Waals surface area (Å²) in [6, 6.07) is 12.0. The summed E-state index contributed by atoms with van der Waals surface area (Å²) in [5.41, 5.74) is 0.530. The van der Waals surface area contributed by atoms with Crippen LogP contribution in [0.15, 0.2) is 56.8 Å². The summed E-state index contributed by atoms with van der Waals surface area (Å²) in [5, 5.41) is 20.7. The Kier molecular flexibility index (Phi) is 5.75. The molecule has 4 aromatic rings. The fraction of sp³-hybridized carbons (Fsp3) is 0.227. The zero-order chi connectivity index (χ0) is 22.2. The van der Waals surface area contributed by atoms with Crippen LogP contribution in [0.3, 0.4) is 0 Å². The minimum Gasteiger partial charge on any atom is -0.506 e. The normalized spacial score (nSPS) is 13.6. The lowest BCUT2D eigenvalue weighted by atomic mass is 10.1. The lowest BCUT2D eigenvalue weighted by molar-refractivity contribution is 0.288. The summed E-state index contributed by atoms with van der Waals surface area (Å²) < 4.78 is 13.2. The van der Waals surface area contributed by atoms with Crippen LogP contribution in [-0.2, 0) is 12.4 Å². The number of rotatable bonds is 7. The second-order valence-electron chi connectivity index (χ2n) is 7.40. The highest BCUT2D eigenvalue weighted by atomic mass is 35.5. The van der Waals surface area contributed by atoms with Crippen molar-refractivity contribution in [2.24, 2.45) is 0 Å². The van der Waals surface area contributed by atoms with Gasteiger partial charge >= 0.3 is 5.63 Å². The van der Waals surface area contributed by atoms with Crippen LogP contribution in [0.2, 0.25) is 10.0 Å². The fourth-order valence-corrected chi connectivity index (χ4v) is 4.77. The van der Waals surface area contributed by atoms with E-state index in [0.29, 0.717) is 28.0 Å². The van der Waals surface area contributed by atoms with Gasteiger partial charge in [-0.2, -0.15) is 0 Å². The first kappa shape index (κ1) is 21.2. The summed E-state index contributed by atoms with van der Waals surface area (Å²) in [7, 11) is 0. The number of hydrogen-bond acceptors (Lipinski definition) is 7. The quantitative estimate of drug-likeness (QED) is 0.266. The van der Waals surface area contributed by atoms with E-state index in [1.54, 1.807) is 12.1 Å². The first-order chi connectivity index (χ1) is 15.5. The second-order valence-corrected chi connectivity index (χ2v) is 9.16. The number of hydrogen-bond donors (Lipinski definition) is 1. The molecule has 0 spiro atoms. The van der Waals surface area contributed by atoms with Crippen LogP contribution in [0.4, 0.5) is 0 Å². The van der Waals surface area contributed by atoms with Gasteiger partial charge in [-0.25, -0.2) is 4.79 Å². The number of para-hydroxylation sites is 1. The number of ether oxygens (including phenoxy) is 1. The topological polar surface area (TPSA) is 90.4 Å². The van der Waals surface area contributed by atoms with Gasteiger partial charge in [0.2, 0.25) is 0 Å². The summed E-state index contributed by atoms with van der Waals surface area (Å²) in [6.45, 7) is 0.251. The highest BCUT2D eigenvalue weighted by Gasteiger charge is 2.30. The van der Waals surface area contributed by atoms with Crippen molar-refractivity contribution in [2.75, 3.05) is 0 Å². The average Bonchev–Trinajstić information content (AvgIpc) is 3.52. The molecular formula is C22H17Cl2N3O4S. The number of fused-ring (bicyclic) bond motifs is 1. The second kappa shape index (κ2) is 8.69. The number of aromatic nitrogens is 3. The molecule has 2 heterocycles. The Morgan fingerprint density at radius 2 is 1.97 bits per heavy atom. The summed E-state index contributed by atoms with van der Waals surface area (Å²) >= 11 is 13.7. The van der Waals surface area contributed by atoms with Gasteiger partial charge in [-0.15, -0.1) is 10.2 Å². The molecule has 0 radical (unpaired) electrons. The van der Waals surface area contributed by atoms with E-state index in [1.807, 2.05) is 18.2 Å². The first-order valence-corrected chi connectivity index (χ1v) is 11.6. The highest BCUT2D eigenvalue weighted by molar-refractivity contribution is 7.98. The first-order valence-electron chi connectivity index (χ1n) is 9.89. The summed E-state index contributed by atoms with van der Waals surface area (Å²) in [5.74, 6) is 1.64. The van der Waals surface area contributed by atoms with Crippen molar-refractivity contribution >= 4 is 45.9 Å². The molecule has 0 atom stereocenters. The molecule has 10 heteroatoms. The molecule has 1 saturated carbocycles. The van der Waals surface area contributed by atoms with Gasteiger partial charge in [0.25, 0.3) is 0 Å². The number of halogens is 2. The molecule has 0 amide bonds. The Balaban J connectivity index is 1.39. The van der Waals surface area contributed by atoms with Crippen LogP contribution in [0.5, 0.6) is 11.5 Å². The Labute approximate surface area is 196 Å². The van der Waals surface area contributed by atoms with Crippen LogP contribution >= 0.6 is 35.0 Å². The standard InChI is InChI=1S/C22H17Cl2N3O4S/c23-15-3-1-2-4-18(15)30-10-20-25-26-22(27(20)13-5-6-13)32-11-12-7-21(29)31-19-9-17(28)16(24)8-14(12)19/h1-4,7-9,13,28H,5-6,10-11H2. The monoisotopic (exact) mass is 489 g/mol. The molecule has 1 N–H and O–H groups in total. The van der Waals surface area contributed by atoms with E-state index < -0.39 is 5.63 Å². The molecule has 2 aromatic carbocycles. The van der Waals surface area contributed by atoms with Crippen LogP contribution in [-0.4, -0.2) is 19.9 Å². The Hall–Kier alpha value is -2.68. The molecular weight excluding hydrogens is 473 g/mol. The number of benzene rings is 2. The highest BCUT2D eigenvalue weighted by Crippen LogP contribution is 2.40. The smallest absolute Gasteiger partial charge is 0.336 e. The lowest BCUT2D eigenvalue weighted by Crippen LogP contribution is -2.07. The molecule has 2 aromatic heterocycles. The van der Waals surface area contributed by atoms with Crippen molar-refractivity contribution in [2.45, 2.75) is 36.4 Å². The predicted molar refractivity (Wildman–Crippen MR) is 123 cm³/mol. The molecule has 1 aliphatic carbocycles. The number of phenols is 1. The van der Waals surface area contributed by atoms with E-state index in [-0.39, 0.29) is 23.0 Å². The number of aromatic hydroxyl groups is 1. The van der Waals surface area contributed by atoms with Crippen molar-refractivity contribution < 1.29 is 14.3 Å². The zero-order valence-corrected chi connectivity index (χ0v) is 19.0. The predicted octanol–water partition coefficient (Wildman–Crippen LogP) is 5.60. The van der Waals surface area contributed by atoms with Crippen LogP contribution in [0.1, 0.15) is 30.3 Å². The lowest BCUT2D eigenvalue weighted by Gasteiger charge is -2.11. The van der Waals surface area contributed by atoms with Crippen LogP contribution in [0, 0.1) is 0 Å². The fourth-order valence-electron chi connectivity index (χ4n) is 3.41. The third kappa shape index (κ3) is 4.30. The molecule has 1 aliphatic rings. The van der Waals surface area contributed by atoms with Crippen molar-refractivity contribution in [3.63, 3.8) is 0 Å². The van der Waals surface area contributed by atoms with E-state index in [2.05, 4.69) is 14.8 Å². The maximum Gasteiger partial charge on any atom is 0.336 e. The zero-order valence-electron chi connectivity index (χ0n) is 16.6. The van der Waals surface area contributed by atoms with Crippen molar-refractivity contribution in [3.05, 3.63) is 74.3 Å². The van der Waals surface area contributed by atoms with Gasteiger partial charge in [0.05, 0.1) is 10.0 Å². The van der Waals surface area contributed by atoms with Crippen LogP contribution < -0.4 is 10.4 Å². The van der Waals surface area contributed by atoms with Gasteiger partial charge in [0.1, 0.15) is 23.7 Å². The number of phenolic OH excluding ortho intramolecular Hbond substituents is 1. The SMILES string of the molecule is O=c1cc(CSc2nnc(COc3ccccc3Cl)n2C2CC2)c2cc(Cl)c(O)cc2o1. The Morgan fingerprint density at radius 1 is 1.16 bits per heavy atom. The van der Waals surface area contributed by atoms with Gasteiger partial charge in [0.15, 0.2) is 11.0 Å². The molecule has 0 bridgehead atoms. The maximum atomic E-state index is 12.0. The van der Waals surface area contributed by atoms with E-state index in [0.717, 1.165) is 29.4 Å². The molecule has 32 heavy (non-hydrogen) atoms. The Morgan fingerprint density at radius 3 is 2.75 bits per heavy atom. The van der Waals surface area contributed by atoms with E-state index in [1.165, 1.54) is 23.9 Å². The summed E-state index contributed by atoms with van der Waals surface area (Å²) in [4.78, 5) is 12.0. The molecule has 5 rings (SSSR count). The average molecular weight is 490 g/mol. The molecule has 7 nitrogen and oxygen atoms in total. The van der Waals surface area contributed by atoms with Gasteiger partial charge in [-0.1, -0.05) is 47.1 Å². The van der Waals surface area contributed by atoms with Crippen molar-refractivity contribution in [1.82, 2.24) is 14.8 Å². The molecule has 0 saturated heterocycles. The van der Waals surface area contributed by atoms with E-state index >= 15 is 0 Å². The minimum absolute atomic E-state index is 0.135. The van der Waals surface area contributed by atoms with Gasteiger partial charge < -0.3 is 14.3 Å². The van der Waals surface area contributed by atoms with Crippen molar-refractivity contribution in [1.29, 1.82) is 0 Å². The molecule has 164 valence electrons. The third-order valence-electron chi connectivity index (χ3n) is 5.09. The van der Waals surface area contributed by atoms with Gasteiger partial charge in [-0.3, -0.25) is 4.57 Å². The summed E-state index contributed by atoms with van der Waals surface area (Å²) in [6.07, 6.45) is 2.11. The number of thioether (sulfide) groups is 1. The Bertz CT molecular complexity index is 1370. The van der Waals surface area contributed by atoms with E-state index in [4.69, 9.17) is 32.4 Å². The number of nitrogens with zero attached hydrogens (tertiary/aromatic N) is 3. The molecule has 0 unspecified atom stereocenters. The molecule has 1 fully saturated rings. The maximum absolute atomic E-state index is 12.0. The minimum atomic E-state index is -0.493. The largest absolute Gasteiger partial charge is 0.506 e. The molecule has 0 aliphatic heterocycles. The van der Waals surface area contributed by atoms with Crippen LogP contribution in [0.25, 0.3) is 11.0 Å². The van der Waals surface area contributed by atoms with Crippen molar-refractivity contribution in [3.8, 4) is 11.5 Å².